The Kier molecular flexibility index (Phi) is 4.38. The molecular weight excluding hydrogens is 234 g/mol. The van der Waals surface area contributed by atoms with Crippen molar-refractivity contribution >= 4 is 0 Å². The van der Waals surface area contributed by atoms with E-state index in [0.29, 0.717) is 6.04 Å². The predicted octanol–water partition coefficient (Wildman–Crippen LogP) is 3.41. The first-order valence-electron chi connectivity index (χ1n) is 6.92. The molecule has 0 saturated heterocycles. The predicted molar refractivity (Wildman–Crippen MR) is 79.3 cm³/mol. The molecule has 0 bridgehead atoms. The van der Waals surface area contributed by atoms with Gasteiger partial charge in [0.05, 0.1) is 17.8 Å². The van der Waals surface area contributed by atoms with Crippen LogP contribution in [0.1, 0.15) is 42.4 Å². The average Bonchev–Trinajstić information content (AvgIpc) is 2.75. The van der Waals surface area contributed by atoms with Gasteiger partial charge in [0.2, 0.25) is 0 Å². The highest BCUT2D eigenvalue weighted by atomic mass is 15.3. The zero-order valence-corrected chi connectivity index (χ0v) is 12.2. The van der Waals surface area contributed by atoms with Gasteiger partial charge in [-0.2, -0.15) is 5.10 Å². The Hall–Kier alpha value is -1.61. The van der Waals surface area contributed by atoms with Crippen molar-refractivity contribution in [2.75, 3.05) is 7.05 Å². The van der Waals surface area contributed by atoms with Crippen molar-refractivity contribution in [2.45, 2.75) is 39.3 Å². The van der Waals surface area contributed by atoms with Gasteiger partial charge in [0.1, 0.15) is 0 Å². The van der Waals surface area contributed by atoms with E-state index in [1.165, 1.54) is 11.3 Å². The van der Waals surface area contributed by atoms with E-state index in [9.17, 15) is 0 Å². The minimum atomic E-state index is 0.282. The number of hydrogen-bond acceptors (Lipinski definition) is 2. The topological polar surface area (TPSA) is 29.9 Å². The third kappa shape index (κ3) is 2.87. The molecule has 0 saturated carbocycles. The second-order valence-corrected chi connectivity index (χ2v) is 5.02. The third-order valence-electron chi connectivity index (χ3n) is 3.63. The Bertz CT molecular complexity index is 516. The van der Waals surface area contributed by atoms with Crippen molar-refractivity contribution in [3.05, 3.63) is 53.3 Å². The fraction of sp³-hybridized carbons (Fsp3) is 0.438. The van der Waals surface area contributed by atoms with Gasteiger partial charge >= 0.3 is 0 Å². The first kappa shape index (κ1) is 13.8. The lowest BCUT2D eigenvalue weighted by Crippen LogP contribution is -2.28. The fourth-order valence-corrected chi connectivity index (χ4v) is 2.77. The fourth-order valence-electron chi connectivity index (χ4n) is 2.77. The summed E-state index contributed by atoms with van der Waals surface area (Å²) in [7, 11) is 2.02. The van der Waals surface area contributed by atoms with E-state index in [1.807, 2.05) is 14.0 Å². The number of nitrogens with zero attached hydrogens (tertiary/aromatic N) is 2. The van der Waals surface area contributed by atoms with Gasteiger partial charge in [-0.05, 0) is 38.9 Å². The molecule has 19 heavy (non-hydrogen) atoms. The molecule has 0 spiro atoms. The summed E-state index contributed by atoms with van der Waals surface area (Å²) >= 11 is 0. The van der Waals surface area contributed by atoms with Gasteiger partial charge in [-0.1, -0.05) is 37.3 Å². The smallest absolute Gasteiger partial charge is 0.0714 e. The summed E-state index contributed by atoms with van der Waals surface area (Å²) in [6.45, 7) is 6.39. The van der Waals surface area contributed by atoms with Crippen LogP contribution in [0, 0.1) is 13.8 Å². The SMILES string of the molecule is CCC(C(NC)c1ccccc1)n1nc(C)cc1C. The second kappa shape index (κ2) is 6.02. The number of aromatic nitrogens is 2. The quantitative estimate of drug-likeness (QED) is 0.889. The summed E-state index contributed by atoms with van der Waals surface area (Å²) in [5.74, 6) is 0. The van der Waals surface area contributed by atoms with E-state index in [1.54, 1.807) is 0 Å². The van der Waals surface area contributed by atoms with Crippen molar-refractivity contribution < 1.29 is 0 Å². The largest absolute Gasteiger partial charge is 0.311 e. The summed E-state index contributed by atoms with van der Waals surface area (Å²) in [6.07, 6.45) is 1.04. The molecule has 3 nitrogen and oxygen atoms in total. The third-order valence-corrected chi connectivity index (χ3v) is 3.63. The van der Waals surface area contributed by atoms with Crippen LogP contribution in [-0.2, 0) is 0 Å². The van der Waals surface area contributed by atoms with Gasteiger partial charge in [0, 0.05) is 5.69 Å². The number of benzene rings is 1. The van der Waals surface area contributed by atoms with Crippen LogP contribution in [0.25, 0.3) is 0 Å². The van der Waals surface area contributed by atoms with Gasteiger partial charge in [-0.25, -0.2) is 0 Å². The lowest BCUT2D eigenvalue weighted by atomic mass is 9.97. The molecular formula is C16H23N3. The maximum atomic E-state index is 4.65. The highest BCUT2D eigenvalue weighted by Gasteiger charge is 2.23. The van der Waals surface area contributed by atoms with E-state index >= 15 is 0 Å². The Balaban J connectivity index is 2.37. The van der Waals surface area contributed by atoms with Crippen LogP contribution in [0.2, 0.25) is 0 Å². The lowest BCUT2D eigenvalue weighted by molar-refractivity contribution is 0.330. The van der Waals surface area contributed by atoms with Gasteiger partial charge in [0.15, 0.2) is 0 Å². The Morgan fingerprint density at radius 3 is 2.37 bits per heavy atom. The molecule has 102 valence electrons. The van der Waals surface area contributed by atoms with Crippen molar-refractivity contribution in [2.24, 2.45) is 0 Å². The lowest BCUT2D eigenvalue weighted by Gasteiger charge is -2.27. The molecule has 1 aromatic carbocycles. The van der Waals surface area contributed by atoms with E-state index in [4.69, 9.17) is 0 Å². The molecule has 0 radical (unpaired) electrons. The van der Waals surface area contributed by atoms with E-state index in [0.717, 1.165) is 12.1 Å². The minimum Gasteiger partial charge on any atom is -0.311 e. The Labute approximate surface area is 115 Å². The van der Waals surface area contributed by atoms with Crippen molar-refractivity contribution in [1.82, 2.24) is 15.1 Å². The summed E-state index contributed by atoms with van der Waals surface area (Å²) in [6, 6.07) is 13.3. The van der Waals surface area contributed by atoms with E-state index < -0.39 is 0 Å². The van der Waals surface area contributed by atoms with Crippen LogP contribution < -0.4 is 5.32 Å². The molecule has 1 heterocycles. The number of aryl methyl sites for hydroxylation is 2. The highest BCUT2D eigenvalue weighted by Crippen LogP contribution is 2.29. The van der Waals surface area contributed by atoms with E-state index in [-0.39, 0.29) is 6.04 Å². The van der Waals surface area contributed by atoms with Gasteiger partial charge in [-0.3, -0.25) is 4.68 Å². The molecule has 2 aromatic rings. The summed E-state index contributed by atoms with van der Waals surface area (Å²) in [5, 5.41) is 8.10. The highest BCUT2D eigenvalue weighted by molar-refractivity contribution is 5.21. The number of rotatable bonds is 5. The Morgan fingerprint density at radius 2 is 1.89 bits per heavy atom. The van der Waals surface area contributed by atoms with Crippen molar-refractivity contribution in [1.29, 1.82) is 0 Å². The maximum absolute atomic E-state index is 4.65. The Morgan fingerprint density at radius 1 is 1.21 bits per heavy atom. The molecule has 0 amide bonds. The molecule has 0 aliphatic rings. The molecule has 3 heteroatoms. The maximum Gasteiger partial charge on any atom is 0.0714 e. The molecule has 2 rings (SSSR count). The monoisotopic (exact) mass is 257 g/mol. The van der Waals surface area contributed by atoms with Gasteiger partial charge < -0.3 is 5.32 Å². The summed E-state index contributed by atoms with van der Waals surface area (Å²) in [4.78, 5) is 0. The zero-order valence-electron chi connectivity index (χ0n) is 12.2. The molecule has 0 fully saturated rings. The molecule has 1 aromatic heterocycles. The number of likely N-dealkylation sites (N-methyl/N-ethyl adjacent to an activating group) is 1. The van der Waals surface area contributed by atoms with Gasteiger partial charge in [-0.15, -0.1) is 0 Å². The first-order valence-corrected chi connectivity index (χ1v) is 6.92. The van der Waals surface area contributed by atoms with Crippen LogP contribution >= 0.6 is 0 Å². The summed E-state index contributed by atoms with van der Waals surface area (Å²) in [5.41, 5.74) is 3.61. The van der Waals surface area contributed by atoms with Gasteiger partial charge in [0.25, 0.3) is 0 Å². The average molecular weight is 257 g/mol. The minimum absolute atomic E-state index is 0.282. The first-order chi connectivity index (χ1) is 9.17. The van der Waals surface area contributed by atoms with Crippen molar-refractivity contribution in [3.8, 4) is 0 Å². The zero-order chi connectivity index (χ0) is 13.8. The van der Waals surface area contributed by atoms with Crippen LogP contribution in [0.5, 0.6) is 0 Å². The second-order valence-electron chi connectivity index (χ2n) is 5.02. The van der Waals surface area contributed by atoms with E-state index in [2.05, 4.69) is 65.3 Å². The van der Waals surface area contributed by atoms with Crippen LogP contribution in [-0.4, -0.2) is 16.8 Å². The normalized spacial score (nSPS) is 14.3. The summed E-state index contributed by atoms with van der Waals surface area (Å²) < 4.78 is 2.16. The molecule has 2 unspecified atom stereocenters. The molecule has 2 atom stereocenters. The van der Waals surface area contributed by atoms with Crippen LogP contribution in [0.4, 0.5) is 0 Å². The standard InChI is InChI=1S/C16H23N3/c1-5-15(19-13(3)11-12(2)18-19)16(17-4)14-9-7-6-8-10-14/h6-11,15-17H,5H2,1-4H3. The molecule has 0 aliphatic carbocycles. The van der Waals surface area contributed by atoms with Crippen LogP contribution in [0.3, 0.4) is 0 Å². The molecule has 1 N–H and O–H groups in total. The number of nitrogens with one attached hydrogen (secondary N) is 1. The number of hydrogen-bond donors (Lipinski definition) is 1. The van der Waals surface area contributed by atoms with Crippen molar-refractivity contribution in [3.63, 3.8) is 0 Å². The van der Waals surface area contributed by atoms with Crippen LogP contribution in [0.15, 0.2) is 36.4 Å². The molecule has 0 aliphatic heterocycles.